The smallest absolute Gasteiger partial charge is 0.000411 e. The average Bonchev–Trinajstić information content (AvgIpc) is 2.74. The van der Waals surface area contributed by atoms with Crippen molar-refractivity contribution < 1.29 is 0 Å². The molecule has 1 heteroatoms. The highest BCUT2D eigenvalue weighted by Crippen LogP contribution is 2.83. The predicted molar refractivity (Wildman–Crippen MR) is 186 cm³/mol. The Morgan fingerprint density at radius 2 is 1.05 bits per heavy atom. The molecule has 0 N–H and O–H groups in total. The highest BCUT2D eigenvalue weighted by atomic mass is 32.3. The van der Waals surface area contributed by atoms with E-state index >= 15 is 0 Å². The summed E-state index contributed by atoms with van der Waals surface area (Å²) in [7, 11) is -1.10. The SMILES string of the molecule is CCCCCC(C)(C)C(C)C1(C(C)(C)C(C)(C)CC)CC(C)(C)C(C)(C)S(C)(C(C)(C)C)C(C)(C)C(C)(C)C1. The highest BCUT2D eigenvalue weighted by molar-refractivity contribution is 8.36. The van der Waals surface area contributed by atoms with Crippen molar-refractivity contribution in [2.45, 2.75) is 198 Å². The Morgan fingerprint density at radius 3 is 1.36 bits per heavy atom. The van der Waals surface area contributed by atoms with E-state index in [4.69, 9.17) is 0 Å². The zero-order valence-electron chi connectivity index (χ0n) is 31.4. The van der Waals surface area contributed by atoms with Gasteiger partial charge in [0, 0.05) is 9.49 Å². The highest BCUT2D eigenvalue weighted by Gasteiger charge is 2.69. The van der Waals surface area contributed by atoms with Crippen LogP contribution in [0.4, 0.5) is 0 Å². The standard InChI is InChI=1S/C38H78S/c1-22-24-25-26-31(7,8)29(3)38(35(15,16)32(9,10)23-2)27-33(11,12)36(17,18)39(21,30(4,5)6)37(19,20)34(13,14)28-38/h29H,22-28H2,1-21H3. The Balaban J connectivity index is 4.30. The van der Waals surface area contributed by atoms with E-state index in [9.17, 15) is 0 Å². The quantitative estimate of drug-likeness (QED) is 0.243. The van der Waals surface area contributed by atoms with Crippen LogP contribution in [0.5, 0.6) is 0 Å². The fraction of sp³-hybridized carbons (Fsp3) is 1.00. The lowest BCUT2D eigenvalue weighted by atomic mass is 9.39. The van der Waals surface area contributed by atoms with Crippen molar-refractivity contribution in [3.8, 4) is 0 Å². The average molecular weight is 567 g/mol. The van der Waals surface area contributed by atoms with Crippen molar-refractivity contribution >= 4 is 10.0 Å². The van der Waals surface area contributed by atoms with E-state index < -0.39 is 10.0 Å². The van der Waals surface area contributed by atoms with E-state index in [1.807, 2.05) is 0 Å². The third-order valence-electron chi connectivity index (χ3n) is 15.3. The van der Waals surface area contributed by atoms with Crippen LogP contribution in [0.15, 0.2) is 0 Å². The first kappa shape index (κ1) is 37.4. The Bertz CT molecular complexity index is 793. The number of rotatable bonds is 9. The molecular weight excluding hydrogens is 488 g/mol. The maximum Gasteiger partial charge on any atom is 0.000411 e. The molecule has 0 amide bonds. The second-order valence-corrected chi connectivity index (χ2v) is 24.5. The van der Waals surface area contributed by atoms with Gasteiger partial charge >= 0.3 is 0 Å². The summed E-state index contributed by atoms with van der Waals surface area (Å²) in [6.45, 7) is 52.5. The molecule has 1 atom stereocenters. The monoisotopic (exact) mass is 567 g/mol. The van der Waals surface area contributed by atoms with Gasteiger partial charge in [0.2, 0.25) is 0 Å². The van der Waals surface area contributed by atoms with Crippen molar-refractivity contribution in [1.82, 2.24) is 0 Å². The van der Waals surface area contributed by atoms with Gasteiger partial charge in [-0.25, -0.2) is 10.0 Å². The zero-order chi connectivity index (χ0) is 31.5. The summed E-state index contributed by atoms with van der Waals surface area (Å²) in [5, 5.41) is 0. The normalized spacial score (nSPS) is 32.0. The van der Waals surface area contributed by atoms with Crippen molar-refractivity contribution in [3.63, 3.8) is 0 Å². The largest absolute Gasteiger partial charge is 0.228 e. The van der Waals surface area contributed by atoms with Crippen LogP contribution in [0.3, 0.4) is 0 Å². The van der Waals surface area contributed by atoms with Crippen molar-refractivity contribution in [2.75, 3.05) is 6.26 Å². The van der Waals surface area contributed by atoms with Gasteiger partial charge in [0.1, 0.15) is 0 Å². The summed E-state index contributed by atoms with van der Waals surface area (Å²) in [5.41, 5.74) is 1.35. The first-order chi connectivity index (χ1) is 16.9. The van der Waals surface area contributed by atoms with Crippen molar-refractivity contribution in [1.29, 1.82) is 0 Å². The number of hydrogen-bond acceptors (Lipinski definition) is 0. The maximum absolute atomic E-state index is 2.75. The lowest BCUT2D eigenvalue weighted by Gasteiger charge is -2.77. The fourth-order valence-electron chi connectivity index (χ4n) is 9.54. The van der Waals surface area contributed by atoms with Crippen LogP contribution in [-0.2, 0) is 0 Å². The van der Waals surface area contributed by atoms with Crippen LogP contribution < -0.4 is 0 Å². The molecule has 0 radical (unpaired) electrons. The molecule has 0 aliphatic carbocycles. The number of hydrogen-bond donors (Lipinski definition) is 0. The maximum atomic E-state index is 2.75. The molecule has 1 rings (SSSR count). The second-order valence-electron chi connectivity index (χ2n) is 19.4. The molecule has 0 aromatic carbocycles. The van der Waals surface area contributed by atoms with Crippen LogP contribution >= 0.6 is 10.0 Å². The molecular formula is C38H78S. The summed E-state index contributed by atoms with van der Waals surface area (Å²) >= 11 is 0. The van der Waals surface area contributed by atoms with Gasteiger partial charge in [-0.1, -0.05) is 164 Å². The van der Waals surface area contributed by atoms with Crippen LogP contribution in [0, 0.1) is 38.4 Å². The van der Waals surface area contributed by atoms with Gasteiger partial charge in [-0.05, 0) is 68.7 Å². The Morgan fingerprint density at radius 1 is 0.667 bits per heavy atom. The first-order valence-electron chi connectivity index (χ1n) is 16.7. The van der Waals surface area contributed by atoms with E-state index in [0.29, 0.717) is 11.3 Å². The molecule has 0 aromatic rings. The van der Waals surface area contributed by atoms with Gasteiger partial charge in [-0.3, -0.25) is 0 Å². The summed E-state index contributed by atoms with van der Waals surface area (Å²) < 4.78 is 0.685. The summed E-state index contributed by atoms with van der Waals surface area (Å²) in [4.78, 5) is 0. The van der Waals surface area contributed by atoms with Gasteiger partial charge in [-0.15, -0.1) is 0 Å². The van der Waals surface area contributed by atoms with E-state index in [-0.39, 0.29) is 41.3 Å². The molecule has 1 unspecified atom stereocenters. The number of unbranched alkanes of at least 4 members (excludes halogenated alkanes) is 2. The molecule has 39 heavy (non-hydrogen) atoms. The molecule has 1 aliphatic heterocycles. The van der Waals surface area contributed by atoms with Gasteiger partial charge in [0.15, 0.2) is 0 Å². The minimum Gasteiger partial charge on any atom is -0.228 e. The van der Waals surface area contributed by atoms with Gasteiger partial charge in [-0.2, -0.15) is 0 Å². The summed E-state index contributed by atoms with van der Waals surface area (Å²) in [5.74, 6) is 0.627. The topological polar surface area (TPSA) is 0 Å². The van der Waals surface area contributed by atoms with E-state index in [1.165, 1.54) is 44.9 Å². The summed E-state index contributed by atoms with van der Waals surface area (Å²) in [6, 6.07) is 0. The zero-order valence-corrected chi connectivity index (χ0v) is 32.3. The first-order valence-corrected chi connectivity index (χ1v) is 18.8. The van der Waals surface area contributed by atoms with Crippen molar-refractivity contribution in [3.05, 3.63) is 0 Å². The molecule has 1 fully saturated rings. The Kier molecular flexibility index (Phi) is 10.4. The molecule has 0 spiro atoms. The molecule has 236 valence electrons. The third-order valence-corrected chi connectivity index (χ3v) is 22.9. The lowest BCUT2D eigenvalue weighted by Crippen LogP contribution is -2.67. The predicted octanol–water partition coefficient (Wildman–Crippen LogP) is 13.3. The molecule has 0 bridgehead atoms. The minimum atomic E-state index is -1.10. The third kappa shape index (κ3) is 5.46. The molecule has 0 aromatic heterocycles. The second kappa shape index (κ2) is 10.8. The van der Waals surface area contributed by atoms with E-state index in [1.54, 1.807) is 0 Å². The summed E-state index contributed by atoms with van der Waals surface area (Å²) in [6.07, 6.45) is 12.0. The molecule has 1 heterocycles. The molecule has 1 saturated heterocycles. The van der Waals surface area contributed by atoms with Gasteiger partial charge < -0.3 is 0 Å². The Hall–Kier alpha value is 0.350. The van der Waals surface area contributed by atoms with Crippen LogP contribution in [0.1, 0.15) is 183 Å². The van der Waals surface area contributed by atoms with Crippen LogP contribution in [0.25, 0.3) is 0 Å². The van der Waals surface area contributed by atoms with Crippen LogP contribution in [0.2, 0.25) is 0 Å². The van der Waals surface area contributed by atoms with E-state index in [0.717, 1.165) is 0 Å². The van der Waals surface area contributed by atoms with E-state index in [2.05, 4.69) is 145 Å². The molecule has 0 saturated carbocycles. The van der Waals surface area contributed by atoms with Crippen LogP contribution in [-0.4, -0.2) is 20.5 Å². The lowest BCUT2D eigenvalue weighted by molar-refractivity contribution is -0.162. The van der Waals surface area contributed by atoms with Gasteiger partial charge in [0.25, 0.3) is 0 Å². The van der Waals surface area contributed by atoms with Gasteiger partial charge in [0.05, 0.1) is 0 Å². The molecule has 0 nitrogen and oxygen atoms in total. The minimum absolute atomic E-state index is 0.182. The fourth-order valence-corrected chi connectivity index (χ4v) is 16.2. The Labute approximate surface area is 251 Å². The van der Waals surface area contributed by atoms with Crippen molar-refractivity contribution in [2.24, 2.45) is 38.4 Å². The molecule has 1 aliphatic rings.